The average molecular weight is 384 g/mol. The zero-order valence-electron chi connectivity index (χ0n) is 15.2. The molecule has 1 N–H and O–H groups in total. The van der Waals surface area contributed by atoms with Crippen LogP contribution in [0.2, 0.25) is 5.02 Å². The first-order valence-electron chi connectivity index (χ1n) is 9.38. The van der Waals surface area contributed by atoms with Crippen molar-refractivity contribution in [1.29, 1.82) is 0 Å². The zero-order chi connectivity index (χ0) is 18.6. The van der Waals surface area contributed by atoms with Crippen molar-refractivity contribution in [2.75, 3.05) is 20.1 Å². The Balaban J connectivity index is 1.61. The molecule has 0 aliphatic carbocycles. The quantitative estimate of drug-likeness (QED) is 0.808. The van der Waals surface area contributed by atoms with E-state index in [1.165, 1.54) is 0 Å². The molecule has 5 nitrogen and oxygen atoms in total. The van der Waals surface area contributed by atoms with Crippen molar-refractivity contribution in [3.8, 4) is 11.5 Å². The fourth-order valence-electron chi connectivity index (χ4n) is 4.43. The highest BCUT2D eigenvalue weighted by Gasteiger charge is 2.51. The van der Waals surface area contributed by atoms with Crippen LogP contribution < -0.4 is 4.74 Å². The lowest BCUT2D eigenvalue weighted by Gasteiger charge is -2.50. The maximum Gasteiger partial charge on any atom is 0.200 e. The third-order valence-electron chi connectivity index (χ3n) is 5.94. The Morgan fingerprint density at radius 3 is 2.74 bits per heavy atom. The third-order valence-corrected chi connectivity index (χ3v) is 6.18. The number of fused-ring (bicyclic) bond motifs is 4. The van der Waals surface area contributed by atoms with Gasteiger partial charge in [-0.2, -0.15) is 5.10 Å². The van der Waals surface area contributed by atoms with E-state index in [0.717, 1.165) is 54.9 Å². The molecular weight excluding hydrogens is 362 g/mol. The Kier molecular flexibility index (Phi) is 3.85. The molecule has 0 bridgehead atoms. The number of piperidine rings is 1. The smallest absolute Gasteiger partial charge is 0.200 e. The molecule has 3 aliphatic heterocycles. The van der Waals surface area contributed by atoms with E-state index in [9.17, 15) is 5.11 Å². The van der Waals surface area contributed by atoms with Crippen LogP contribution in [0.5, 0.6) is 11.5 Å². The van der Waals surface area contributed by atoms with Crippen molar-refractivity contribution in [1.82, 2.24) is 9.91 Å². The lowest BCUT2D eigenvalue weighted by molar-refractivity contribution is -0.147. The maximum atomic E-state index is 10.3. The predicted molar refractivity (Wildman–Crippen MR) is 105 cm³/mol. The topological polar surface area (TPSA) is 48.3 Å². The molecule has 1 saturated heterocycles. The van der Waals surface area contributed by atoms with Crippen LogP contribution in [0, 0.1) is 0 Å². The number of ether oxygens (including phenoxy) is 1. The highest BCUT2D eigenvalue weighted by Crippen LogP contribution is 2.50. The minimum Gasteiger partial charge on any atom is -0.507 e. The monoisotopic (exact) mass is 383 g/mol. The summed E-state index contributed by atoms with van der Waals surface area (Å²) in [5.74, 6) is 1.17. The van der Waals surface area contributed by atoms with Gasteiger partial charge in [0.2, 0.25) is 5.72 Å². The third kappa shape index (κ3) is 2.68. The summed E-state index contributed by atoms with van der Waals surface area (Å²) >= 11 is 6.28. The van der Waals surface area contributed by atoms with Gasteiger partial charge in [-0.1, -0.05) is 23.7 Å². The molecule has 0 aromatic heterocycles. The number of phenolic OH excluding ortho intramolecular Hbond substituents is 1. The fraction of sp³-hybridized carbons (Fsp3) is 0.381. The molecule has 0 amide bonds. The summed E-state index contributed by atoms with van der Waals surface area (Å²) in [5.41, 5.74) is 2.32. The number of phenols is 1. The van der Waals surface area contributed by atoms with Crippen molar-refractivity contribution in [2.45, 2.75) is 31.0 Å². The van der Waals surface area contributed by atoms with E-state index in [1.54, 1.807) is 6.07 Å². The number of aromatic hydroxyl groups is 1. The van der Waals surface area contributed by atoms with Gasteiger partial charge in [-0.25, -0.2) is 5.01 Å². The number of halogens is 1. The van der Waals surface area contributed by atoms with Crippen LogP contribution in [0.1, 0.15) is 36.4 Å². The lowest BCUT2D eigenvalue weighted by atomic mass is 9.91. The standard InChI is InChI=1S/C21H22ClN3O2/c1-24-10-8-21(9-11-24)25-18(16-12-14(22)6-7-20(16)27-21)13-17(23-25)15-4-2-3-5-19(15)26/h2-7,12,18,26H,8-11,13H2,1H3/t18-/m1/s1. The van der Waals surface area contributed by atoms with Gasteiger partial charge in [0.1, 0.15) is 11.5 Å². The van der Waals surface area contributed by atoms with Crippen LogP contribution in [0.15, 0.2) is 47.6 Å². The van der Waals surface area contributed by atoms with Crippen LogP contribution in [0.3, 0.4) is 0 Å². The number of hydrogen-bond donors (Lipinski definition) is 1. The summed E-state index contributed by atoms with van der Waals surface area (Å²) < 4.78 is 6.56. The minimum atomic E-state index is -0.440. The molecule has 1 fully saturated rings. The van der Waals surface area contributed by atoms with Crippen molar-refractivity contribution >= 4 is 17.3 Å². The van der Waals surface area contributed by atoms with Gasteiger partial charge in [-0.05, 0) is 37.4 Å². The van der Waals surface area contributed by atoms with Gasteiger partial charge in [-0.15, -0.1) is 0 Å². The van der Waals surface area contributed by atoms with Gasteiger partial charge < -0.3 is 14.7 Å². The van der Waals surface area contributed by atoms with Crippen molar-refractivity contribution in [2.24, 2.45) is 5.10 Å². The summed E-state index contributed by atoms with van der Waals surface area (Å²) in [6.45, 7) is 1.93. The second-order valence-corrected chi connectivity index (χ2v) is 8.10. The highest BCUT2D eigenvalue weighted by molar-refractivity contribution is 6.30. The number of nitrogens with zero attached hydrogens (tertiary/aromatic N) is 3. The SMILES string of the molecule is CN1CCC2(CC1)Oc1ccc(Cl)cc1[C@H]1CC(c3ccccc3O)=NN12. The van der Waals surface area contributed by atoms with Crippen molar-refractivity contribution < 1.29 is 9.84 Å². The molecule has 1 spiro atoms. The van der Waals surface area contributed by atoms with E-state index in [2.05, 4.69) is 17.0 Å². The van der Waals surface area contributed by atoms with E-state index in [0.29, 0.717) is 5.02 Å². The highest BCUT2D eigenvalue weighted by atomic mass is 35.5. The van der Waals surface area contributed by atoms with Gasteiger partial charge in [0.25, 0.3) is 0 Å². The van der Waals surface area contributed by atoms with E-state index >= 15 is 0 Å². The Morgan fingerprint density at radius 1 is 1.19 bits per heavy atom. The first kappa shape index (κ1) is 16.9. The Labute approximate surface area is 163 Å². The average Bonchev–Trinajstić information content (AvgIpc) is 3.12. The second-order valence-electron chi connectivity index (χ2n) is 7.66. The van der Waals surface area contributed by atoms with Crippen LogP contribution >= 0.6 is 11.6 Å². The number of hydrogen-bond acceptors (Lipinski definition) is 5. The number of hydrazone groups is 1. The van der Waals surface area contributed by atoms with Gasteiger partial charge in [0.05, 0.1) is 11.8 Å². The normalized spacial score (nSPS) is 23.6. The molecule has 2 aromatic rings. The van der Waals surface area contributed by atoms with Crippen molar-refractivity contribution in [3.63, 3.8) is 0 Å². The van der Waals surface area contributed by atoms with Gasteiger partial charge in [0.15, 0.2) is 0 Å². The van der Waals surface area contributed by atoms with Gasteiger partial charge in [0, 0.05) is 48.5 Å². The molecule has 0 unspecified atom stereocenters. The molecule has 6 heteroatoms. The van der Waals surface area contributed by atoms with Gasteiger partial charge in [-0.3, -0.25) is 0 Å². The minimum absolute atomic E-state index is 0.0745. The number of rotatable bonds is 1. The summed E-state index contributed by atoms with van der Waals surface area (Å²) in [6.07, 6.45) is 2.51. The Bertz CT molecular complexity index is 921. The van der Waals surface area contributed by atoms with Crippen LogP contribution in [-0.4, -0.2) is 46.6 Å². The molecule has 0 saturated carbocycles. The fourth-order valence-corrected chi connectivity index (χ4v) is 4.61. The van der Waals surface area contributed by atoms with E-state index in [-0.39, 0.29) is 11.8 Å². The summed E-state index contributed by atoms with van der Waals surface area (Å²) in [5, 5.41) is 18.1. The van der Waals surface area contributed by atoms with Crippen LogP contribution in [-0.2, 0) is 0 Å². The zero-order valence-corrected chi connectivity index (χ0v) is 16.0. The largest absolute Gasteiger partial charge is 0.507 e. The van der Waals surface area contributed by atoms with Gasteiger partial charge >= 0.3 is 0 Å². The summed E-state index contributed by atoms with van der Waals surface area (Å²) in [6, 6.07) is 13.3. The Morgan fingerprint density at radius 2 is 1.96 bits per heavy atom. The summed E-state index contributed by atoms with van der Waals surface area (Å²) in [7, 11) is 2.14. The maximum absolute atomic E-state index is 10.3. The summed E-state index contributed by atoms with van der Waals surface area (Å²) in [4.78, 5) is 2.32. The molecule has 2 aromatic carbocycles. The lowest BCUT2D eigenvalue weighted by Crippen LogP contribution is -2.58. The van der Waals surface area contributed by atoms with Crippen LogP contribution in [0.4, 0.5) is 0 Å². The Hall–Kier alpha value is -2.24. The molecule has 140 valence electrons. The van der Waals surface area contributed by atoms with E-state index < -0.39 is 5.72 Å². The molecule has 27 heavy (non-hydrogen) atoms. The first-order valence-corrected chi connectivity index (χ1v) is 9.76. The second kappa shape index (κ2) is 6.14. The molecule has 1 atom stereocenters. The van der Waals surface area contributed by atoms with Crippen LogP contribution in [0.25, 0.3) is 0 Å². The number of benzene rings is 2. The predicted octanol–water partition coefficient (Wildman–Crippen LogP) is 4.01. The molecular formula is C21H22ClN3O2. The molecule has 3 heterocycles. The van der Waals surface area contributed by atoms with E-state index in [4.69, 9.17) is 21.4 Å². The first-order chi connectivity index (χ1) is 13.1. The number of para-hydroxylation sites is 1. The molecule has 3 aliphatic rings. The van der Waals surface area contributed by atoms with Crippen molar-refractivity contribution in [3.05, 3.63) is 58.6 Å². The number of likely N-dealkylation sites (tertiary alicyclic amines) is 1. The van der Waals surface area contributed by atoms with E-state index in [1.807, 2.05) is 36.4 Å². The molecule has 5 rings (SSSR count). The molecule has 0 radical (unpaired) electrons.